The first kappa shape index (κ1) is 18.0. The Balaban J connectivity index is 1.64. The van der Waals surface area contributed by atoms with Gasteiger partial charge in [-0.1, -0.05) is 13.8 Å². The average Bonchev–Trinajstić information content (AvgIpc) is 2.61. The zero-order valence-corrected chi connectivity index (χ0v) is 15.9. The van der Waals surface area contributed by atoms with Gasteiger partial charge in [0.05, 0.1) is 0 Å². The van der Waals surface area contributed by atoms with E-state index in [0.29, 0.717) is 12.3 Å². The Morgan fingerprint density at radius 1 is 1.00 bits per heavy atom. The Hall–Kier alpha value is -1.85. The molecule has 138 valence electrons. The van der Waals surface area contributed by atoms with Crippen LogP contribution in [0.25, 0.3) is 0 Å². The summed E-state index contributed by atoms with van der Waals surface area (Å²) in [5.41, 5.74) is 1.02. The zero-order valence-electron chi connectivity index (χ0n) is 15.9. The molecule has 6 nitrogen and oxygen atoms in total. The van der Waals surface area contributed by atoms with Gasteiger partial charge >= 0.3 is 0 Å². The second kappa shape index (κ2) is 8.02. The van der Waals surface area contributed by atoms with Gasteiger partial charge in [0.25, 0.3) is 0 Å². The van der Waals surface area contributed by atoms with E-state index >= 15 is 0 Å². The molecule has 2 aliphatic heterocycles. The third-order valence-electron chi connectivity index (χ3n) is 5.01. The van der Waals surface area contributed by atoms with Crippen molar-refractivity contribution in [1.82, 2.24) is 14.9 Å². The van der Waals surface area contributed by atoms with Gasteiger partial charge in [0.15, 0.2) is 0 Å². The Morgan fingerprint density at radius 3 is 2.32 bits per heavy atom. The molecule has 0 saturated carbocycles. The number of carbonyl (C=O) groups excluding carboxylic acids is 1. The van der Waals surface area contributed by atoms with E-state index in [1.54, 1.807) is 0 Å². The number of rotatable bonds is 4. The highest BCUT2D eigenvalue weighted by atomic mass is 16.2. The van der Waals surface area contributed by atoms with Gasteiger partial charge in [0.2, 0.25) is 11.9 Å². The summed E-state index contributed by atoms with van der Waals surface area (Å²) in [6.07, 6.45) is 4.40. The van der Waals surface area contributed by atoms with Crippen LogP contribution in [0.5, 0.6) is 0 Å². The van der Waals surface area contributed by atoms with E-state index < -0.39 is 0 Å². The molecule has 0 unspecified atom stereocenters. The molecule has 0 spiro atoms. The first-order valence-electron chi connectivity index (χ1n) is 9.66. The fourth-order valence-corrected chi connectivity index (χ4v) is 3.60. The van der Waals surface area contributed by atoms with Gasteiger partial charge < -0.3 is 14.7 Å². The molecule has 6 heteroatoms. The summed E-state index contributed by atoms with van der Waals surface area (Å²) in [6.45, 7) is 11.6. The molecule has 3 heterocycles. The first-order valence-corrected chi connectivity index (χ1v) is 9.66. The van der Waals surface area contributed by atoms with E-state index in [1.807, 2.05) is 11.8 Å². The maximum Gasteiger partial charge on any atom is 0.227 e. The first-order chi connectivity index (χ1) is 12.0. The van der Waals surface area contributed by atoms with E-state index in [4.69, 9.17) is 4.98 Å². The lowest BCUT2D eigenvalue weighted by atomic mass is 10.1. The Labute approximate surface area is 151 Å². The molecule has 1 amide bonds. The third-order valence-corrected chi connectivity index (χ3v) is 5.01. The van der Waals surface area contributed by atoms with Crippen molar-refractivity contribution < 1.29 is 4.79 Å². The maximum absolute atomic E-state index is 12.2. The number of carbonyl (C=O) groups is 1. The Bertz CT molecular complexity index is 589. The average molecular weight is 345 g/mol. The van der Waals surface area contributed by atoms with Crippen LogP contribution in [0.4, 0.5) is 11.8 Å². The molecule has 0 aliphatic carbocycles. The molecule has 0 bridgehead atoms. The molecule has 0 aromatic carbocycles. The Kier molecular flexibility index (Phi) is 5.76. The number of hydrogen-bond donors (Lipinski definition) is 0. The summed E-state index contributed by atoms with van der Waals surface area (Å²) in [5.74, 6) is 2.57. The van der Waals surface area contributed by atoms with Crippen LogP contribution in [0.1, 0.15) is 45.2 Å². The highest BCUT2D eigenvalue weighted by Gasteiger charge is 2.23. The van der Waals surface area contributed by atoms with Crippen molar-refractivity contribution in [3.8, 4) is 0 Å². The van der Waals surface area contributed by atoms with Crippen molar-refractivity contribution in [2.45, 2.75) is 46.5 Å². The minimum atomic E-state index is 0.280. The smallest absolute Gasteiger partial charge is 0.227 e. The van der Waals surface area contributed by atoms with Crippen LogP contribution in [0.2, 0.25) is 0 Å². The second-order valence-electron chi connectivity index (χ2n) is 7.68. The maximum atomic E-state index is 12.2. The second-order valence-corrected chi connectivity index (χ2v) is 7.68. The summed E-state index contributed by atoms with van der Waals surface area (Å²) >= 11 is 0. The highest BCUT2D eigenvalue weighted by molar-refractivity contribution is 5.76. The molecule has 1 aromatic heterocycles. The molecule has 2 saturated heterocycles. The van der Waals surface area contributed by atoms with Crippen LogP contribution in [0.15, 0.2) is 6.07 Å². The van der Waals surface area contributed by atoms with Crippen LogP contribution in [-0.4, -0.2) is 60.0 Å². The van der Waals surface area contributed by atoms with Crippen LogP contribution < -0.4 is 9.80 Å². The highest BCUT2D eigenvalue weighted by Crippen LogP contribution is 2.22. The quantitative estimate of drug-likeness (QED) is 0.839. The summed E-state index contributed by atoms with van der Waals surface area (Å²) < 4.78 is 0. The van der Waals surface area contributed by atoms with Crippen molar-refractivity contribution in [2.24, 2.45) is 5.92 Å². The molecule has 25 heavy (non-hydrogen) atoms. The molecular formula is C19H31N5O. The third kappa shape index (κ3) is 4.61. The summed E-state index contributed by atoms with van der Waals surface area (Å²) in [7, 11) is 0. The van der Waals surface area contributed by atoms with E-state index in [1.165, 1.54) is 19.3 Å². The normalized spacial score (nSPS) is 18.8. The summed E-state index contributed by atoms with van der Waals surface area (Å²) in [4.78, 5) is 28.3. The number of aromatic nitrogens is 2. The van der Waals surface area contributed by atoms with Crippen molar-refractivity contribution in [2.75, 3.05) is 49.1 Å². The van der Waals surface area contributed by atoms with Crippen molar-refractivity contribution in [1.29, 1.82) is 0 Å². The van der Waals surface area contributed by atoms with Crippen LogP contribution in [-0.2, 0) is 4.79 Å². The number of piperidine rings is 1. The van der Waals surface area contributed by atoms with Crippen LogP contribution in [0.3, 0.4) is 0 Å². The van der Waals surface area contributed by atoms with Gasteiger partial charge in [-0.05, 0) is 32.1 Å². The molecule has 2 aliphatic rings. The molecular weight excluding hydrogens is 314 g/mol. The minimum Gasteiger partial charge on any atom is -0.353 e. The van der Waals surface area contributed by atoms with Gasteiger partial charge in [-0.2, -0.15) is 4.98 Å². The van der Waals surface area contributed by atoms with Crippen LogP contribution >= 0.6 is 0 Å². The van der Waals surface area contributed by atoms with E-state index in [-0.39, 0.29) is 5.91 Å². The molecule has 1 aromatic rings. The fraction of sp³-hybridized carbons (Fsp3) is 0.737. The van der Waals surface area contributed by atoms with Gasteiger partial charge in [-0.3, -0.25) is 4.79 Å². The van der Waals surface area contributed by atoms with Gasteiger partial charge in [-0.25, -0.2) is 4.98 Å². The molecule has 0 atom stereocenters. The molecule has 3 rings (SSSR count). The molecule has 0 N–H and O–H groups in total. The van der Waals surface area contributed by atoms with Crippen molar-refractivity contribution >= 4 is 17.7 Å². The summed E-state index contributed by atoms with van der Waals surface area (Å²) in [5, 5.41) is 0. The molecule has 2 fully saturated rings. The van der Waals surface area contributed by atoms with E-state index in [9.17, 15) is 4.79 Å². The van der Waals surface area contributed by atoms with Gasteiger partial charge in [0.1, 0.15) is 5.82 Å². The number of piperazine rings is 1. The molecule has 0 radical (unpaired) electrons. The standard InChI is InChI=1S/C19H31N5O/c1-15(2)13-18(25)23-11-9-22(10-12-23)17-14-16(3)20-19(21-17)24-7-5-4-6-8-24/h14-15H,4-13H2,1-3H3. The minimum absolute atomic E-state index is 0.280. The topological polar surface area (TPSA) is 52.6 Å². The van der Waals surface area contributed by atoms with Crippen molar-refractivity contribution in [3.05, 3.63) is 11.8 Å². The number of anilines is 2. The number of hydrogen-bond acceptors (Lipinski definition) is 5. The van der Waals surface area contributed by atoms with E-state index in [2.05, 4.69) is 34.7 Å². The monoisotopic (exact) mass is 345 g/mol. The summed E-state index contributed by atoms with van der Waals surface area (Å²) in [6, 6.07) is 2.07. The van der Waals surface area contributed by atoms with E-state index in [0.717, 1.165) is 56.7 Å². The zero-order chi connectivity index (χ0) is 17.8. The lowest BCUT2D eigenvalue weighted by Crippen LogP contribution is -2.49. The number of aryl methyl sites for hydroxylation is 1. The Morgan fingerprint density at radius 2 is 1.68 bits per heavy atom. The fourth-order valence-electron chi connectivity index (χ4n) is 3.60. The number of amides is 1. The van der Waals surface area contributed by atoms with Gasteiger partial charge in [0, 0.05) is 57.4 Å². The SMILES string of the molecule is Cc1cc(N2CCN(C(=O)CC(C)C)CC2)nc(N2CCCCC2)n1. The van der Waals surface area contributed by atoms with Crippen molar-refractivity contribution in [3.63, 3.8) is 0 Å². The van der Waals surface area contributed by atoms with Gasteiger partial charge in [-0.15, -0.1) is 0 Å². The predicted octanol–water partition coefficient (Wildman–Crippen LogP) is 2.47. The largest absolute Gasteiger partial charge is 0.353 e. The van der Waals surface area contributed by atoms with Crippen LogP contribution in [0, 0.1) is 12.8 Å². The lowest BCUT2D eigenvalue weighted by Gasteiger charge is -2.36. The predicted molar refractivity (Wildman–Crippen MR) is 101 cm³/mol. The number of nitrogens with zero attached hydrogens (tertiary/aromatic N) is 5. The lowest BCUT2D eigenvalue weighted by molar-refractivity contribution is -0.132.